The third-order valence-corrected chi connectivity index (χ3v) is 5.71. The van der Waals surface area contributed by atoms with Gasteiger partial charge >= 0.3 is 0 Å². The van der Waals surface area contributed by atoms with Crippen LogP contribution in [-0.4, -0.2) is 24.8 Å². The third-order valence-electron chi connectivity index (χ3n) is 5.71. The maximum atomic E-state index is 13.3. The Morgan fingerprint density at radius 2 is 1.90 bits per heavy atom. The van der Waals surface area contributed by atoms with Crippen molar-refractivity contribution in [1.82, 2.24) is 5.32 Å². The summed E-state index contributed by atoms with van der Waals surface area (Å²) in [5.41, 5.74) is 4.44. The minimum atomic E-state index is -0.471. The second-order valence-corrected chi connectivity index (χ2v) is 7.68. The molecule has 1 atom stereocenters. The number of anilines is 2. The quantitative estimate of drug-likeness (QED) is 0.820. The Labute approximate surface area is 173 Å². The highest BCUT2D eigenvalue weighted by Crippen LogP contribution is 2.34. The molecule has 4 rings (SSSR count). The Hall–Kier alpha value is -3.48. The number of rotatable bonds is 3. The molecule has 7 heteroatoms. The van der Waals surface area contributed by atoms with Gasteiger partial charge in [0.2, 0.25) is 11.8 Å². The fourth-order valence-electron chi connectivity index (χ4n) is 3.97. The van der Waals surface area contributed by atoms with Crippen LogP contribution in [0.5, 0.6) is 0 Å². The van der Waals surface area contributed by atoms with E-state index in [1.54, 1.807) is 24.1 Å². The van der Waals surface area contributed by atoms with Gasteiger partial charge in [0.1, 0.15) is 5.82 Å². The average Bonchev–Trinajstić information content (AvgIpc) is 2.72. The van der Waals surface area contributed by atoms with Crippen molar-refractivity contribution in [3.63, 3.8) is 0 Å². The second-order valence-electron chi connectivity index (χ2n) is 7.68. The van der Waals surface area contributed by atoms with Crippen LogP contribution in [0.2, 0.25) is 0 Å². The van der Waals surface area contributed by atoms with Crippen molar-refractivity contribution in [1.29, 1.82) is 0 Å². The van der Waals surface area contributed by atoms with E-state index in [-0.39, 0.29) is 30.0 Å². The number of nitrogens with one attached hydrogen (secondary N) is 2. The monoisotopic (exact) mass is 407 g/mol. The lowest BCUT2D eigenvalue weighted by Crippen LogP contribution is -2.33. The minimum Gasteiger partial charge on any atom is -0.332 e. The molecule has 0 aromatic heterocycles. The first kappa shape index (κ1) is 19.8. The number of aryl methyl sites for hydroxylation is 2. The molecular weight excluding hydrogens is 385 g/mol. The van der Waals surface area contributed by atoms with Gasteiger partial charge in [0.15, 0.2) is 0 Å². The highest BCUT2D eigenvalue weighted by molar-refractivity contribution is 6.07. The molecule has 2 aromatic carbocycles. The molecule has 30 heavy (non-hydrogen) atoms. The highest BCUT2D eigenvalue weighted by atomic mass is 19.1. The van der Waals surface area contributed by atoms with Crippen LogP contribution in [0.3, 0.4) is 0 Å². The number of amides is 3. The van der Waals surface area contributed by atoms with Crippen LogP contribution in [0.15, 0.2) is 48.2 Å². The Kier molecular flexibility index (Phi) is 5.11. The summed E-state index contributed by atoms with van der Waals surface area (Å²) in [6, 6.07) is 9.61. The zero-order valence-corrected chi connectivity index (χ0v) is 16.8. The molecule has 0 bridgehead atoms. The summed E-state index contributed by atoms with van der Waals surface area (Å²) in [7, 11) is 1.73. The fourth-order valence-corrected chi connectivity index (χ4v) is 3.97. The van der Waals surface area contributed by atoms with Crippen molar-refractivity contribution in [2.24, 2.45) is 0 Å². The van der Waals surface area contributed by atoms with Gasteiger partial charge in [-0.3, -0.25) is 14.4 Å². The maximum Gasteiger partial charge on any atom is 0.253 e. The van der Waals surface area contributed by atoms with Gasteiger partial charge in [-0.15, -0.1) is 0 Å². The molecule has 3 amide bonds. The lowest BCUT2D eigenvalue weighted by atomic mass is 9.86. The summed E-state index contributed by atoms with van der Waals surface area (Å²) in [6.45, 7) is 1.90. The van der Waals surface area contributed by atoms with Gasteiger partial charge < -0.3 is 15.5 Å². The van der Waals surface area contributed by atoms with Gasteiger partial charge in [0.05, 0.1) is 0 Å². The van der Waals surface area contributed by atoms with E-state index in [0.29, 0.717) is 29.7 Å². The van der Waals surface area contributed by atoms with Gasteiger partial charge in [0, 0.05) is 49.0 Å². The predicted molar refractivity (Wildman–Crippen MR) is 112 cm³/mol. The van der Waals surface area contributed by atoms with E-state index in [4.69, 9.17) is 0 Å². The Bertz CT molecular complexity index is 1080. The smallest absolute Gasteiger partial charge is 0.253 e. The van der Waals surface area contributed by atoms with E-state index in [0.717, 1.165) is 16.8 Å². The van der Waals surface area contributed by atoms with Crippen LogP contribution < -0.4 is 15.5 Å². The first-order valence-corrected chi connectivity index (χ1v) is 9.80. The summed E-state index contributed by atoms with van der Waals surface area (Å²) in [5, 5.41) is 5.52. The summed E-state index contributed by atoms with van der Waals surface area (Å²) >= 11 is 0. The van der Waals surface area contributed by atoms with Gasteiger partial charge in [-0.1, -0.05) is 18.2 Å². The fraction of sp³-hybridized carbons (Fsp3) is 0.261. The SMILES string of the molecule is Cc1cc2c(cc1NC(=O)C1=CNC(=O)C[C@H]1c1ccc(F)cc1)N(C)C(=O)CC2. The van der Waals surface area contributed by atoms with E-state index >= 15 is 0 Å². The number of benzene rings is 2. The van der Waals surface area contributed by atoms with Crippen molar-refractivity contribution in [3.8, 4) is 0 Å². The largest absolute Gasteiger partial charge is 0.332 e. The summed E-state index contributed by atoms with van der Waals surface area (Å²) in [6.07, 6.45) is 2.67. The van der Waals surface area contributed by atoms with E-state index in [1.807, 2.05) is 19.1 Å². The normalized spacial score (nSPS) is 18.4. The molecule has 2 aromatic rings. The van der Waals surface area contributed by atoms with Crippen LogP contribution >= 0.6 is 0 Å². The van der Waals surface area contributed by atoms with Crippen LogP contribution in [-0.2, 0) is 20.8 Å². The van der Waals surface area contributed by atoms with Gasteiger partial charge in [-0.05, 0) is 48.2 Å². The summed E-state index contributed by atoms with van der Waals surface area (Å²) < 4.78 is 13.3. The molecule has 154 valence electrons. The van der Waals surface area contributed by atoms with Crippen LogP contribution in [0, 0.1) is 12.7 Å². The third kappa shape index (κ3) is 3.70. The highest BCUT2D eigenvalue weighted by Gasteiger charge is 2.29. The first-order valence-electron chi connectivity index (χ1n) is 9.80. The van der Waals surface area contributed by atoms with Crippen molar-refractivity contribution in [3.05, 3.63) is 70.7 Å². The predicted octanol–water partition coefficient (Wildman–Crippen LogP) is 3.17. The average molecular weight is 407 g/mol. The van der Waals surface area contributed by atoms with E-state index < -0.39 is 5.92 Å². The van der Waals surface area contributed by atoms with Crippen LogP contribution in [0.1, 0.15) is 35.4 Å². The second kappa shape index (κ2) is 7.74. The Morgan fingerprint density at radius 3 is 2.63 bits per heavy atom. The van der Waals surface area contributed by atoms with E-state index in [2.05, 4.69) is 10.6 Å². The molecule has 6 nitrogen and oxygen atoms in total. The molecule has 0 unspecified atom stereocenters. The zero-order valence-electron chi connectivity index (χ0n) is 16.8. The number of hydrogen-bond donors (Lipinski definition) is 2. The number of nitrogens with zero attached hydrogens (tertiary/aromatic N) is 1. The van der Waals surface area contributed by atoms with E-state index in [9.17, 15) is 18.8 Å². The first-order chi connectivity index (χ1) is 14.3. The van der Waals surface area contributed by atoms with Crippen LogP contribution in [0.25, 0.3) is 0 Å². The number of carbonyl (C=O) groups excluding carboxylic acids is 3. The number of fused-ring (bicyclic) bond motifs is 1. The van der Waals surface area contributed by atoms with Gasteiger partial charge in [0.25, 0.3) is 5.91 Å². The van der Waals surface area contributed by atoms with E-state index in [1.165, 1.54) is 18.3 Å². The molecule has 2 heterocycles. The lowest BCUT2D eigenvalue weighted by molar-refractivity contribution is -0.121. The topological polar surface area (TPSA) is 78.5 Å². The molecule has 0 saturated carbocycles. The zero-order chi connectivity index (χ0) is 21.4. The number of hydrogen-bond acceptors (Lipinski definition) is 3. The number of halogens is 1. The van der Waals surface area contributed by atoms with Crippen molar-refractivity contribution in [2.75, 3.05) is 17.3 Å². The van der Waals surface area contributed by atoms with Crippen molar-refractivity contribution < 1.29 is 18.8 Å². The lowest BCUT2D eigenvalue weighted by Gasteiger charge is -2.28. The minimum absolute atomic E-state index is 0.0395. The number of carbonyl (C=O) groups is 3. The molecule has 2 aliphatic heterocycles. The van der Waals surface area contributed by atoms with Crippen LogP contribution in [0.4, 0.5) is 15.8 Å². The summed E-state index contributed by atoms with van der Waals surface area (Å²) in [5.74, 6) is -1.36. The van der Waals surface area contributed by atoms with Gasteiger partial charge in [-0.2, -0.15) is 0 Å². The Morgan fingerprint density at radius 1 is 1.17 bits per heavy atom. The molecule has 0 radical (unpaired) electrons. The molecule has 2 N–H and O–H groups in total. The molecular formula is C23H22FN3O3. The molecule has 0 aliphatic carbocycles. The van der Waals surface area contributed by atoms with Gasteiger partial charge in [-0.25, -0.2) is 4.39 Å². The Balaban J connectivity index is 1.63. The molecule has 2 aliphatic rings. The molecule has 0 spiro atoms. The maximum absolute atomic E-state index is 13.3. The standard InChI is InChI=1S/C23H22FN3O3/c1-13-9-15-5-8-22(29)27(2)20(15)11-19(13)26-23(30)18-12-25-21(28)10-17(18)14-3-6-16(24)7-4-14/h3-4,6-7,9,11-12,17H,5,8,10H2,1-2H3,(H,25,28)(H,26,30)/t17-/m0/s1. The van der Waals surface area contributed by atoms with Crippen molar-refractivity contribution >= 4 is 29.1 Å². The molecule has 0 fully saturated rings. The van der Waals surface area contributed by atoms with Crippen molar-refractivity contribution in [2.45, 2.75) is 32.1 Å². The summed E-state index contributed by atoms with van der Waals surface area (Å²) in [4.78, 5) is 38.7. The molecule has 0 saturated heterocycles.